The highest BCUT2D eigenvalue weighted by Crippen LogP contribution is 2.24. The van der Waals surface area contributed by atoms with Gasteiger partial charge in [0.05, 0.1) is 17.9 Å². The van der Waals surface area contributed by atoms with Crippen LogP contribution in [-0.4, -0.2) is 34.0 Å². The van der Waals surface area contributed by atoms with Gasteiger partial charge in [0.15, 0.2) is 5.17 Å². The highest BCUT2D eigenvalue weighted by atomic mass is 32.2. The first-order valence-electron chi connectivity index (χ1n) is 9.95. The van der Waals surface area contributed by atoms with Crippen LogP contribution in [0, 0.1) is 10.1 Å². The standard InChI is InChI=1S/C24H21N3O3S/c28-23(16-18-9-11-21(12-10-18)20-6-2-1-3-7-20)26-14-13-25-24(26)31-17-19-5-4-8-22(15-19)27(29)30/h1-12,15H,13-14,16-17H2. The van der Waals surface area contributed by atoms with Gasteiger partial charge in [0.1, 0.15) is 0 Å². The Morgan fingerprint density at radius 1 is 0.968 bits per heavy atom. The summed E-state index contributed by atoms with van der Waals surface area (Å²) in [6.45, 7) is 1.15. The van der Waals surface area contributed by atoms with Gasteiger partial charge in [-0.2, -0.15) is 0 Å². The fourth-order valence-electron chi connectivity index (χ4n) is 3.40. The van der Waals surface area contributed by atoms with Crippen molar-refractivity contribution in [2.24, 2.45) is 4.99 Å². The zero-order valence-electron chi connectivity index (χ0n) is 16.8. The lowest BCUT2D eigenvalue weighted by Gasteiger charge is -2.18. The van der Waals surface area contributed by atoms with E-state index in [1.807, 2.05) is 48.5 Å². The summed E-state index contributed by atoms with van der Waals surface area (Å²) in [6.07, 6.45) is 0.311. The number of hydrogen-bond acceptors (Lipinski definition) is 5. The molecule has 0 aromatic heterocycles. The number of carbonyl (C=O) groups is 1. The van der Waals surface area contributed by atoms with Gasteiger partial charge in [-0.25, -0.2) is 0 Å². The zero-order chi connectivity index (χ0) is 21.6. The maximum absolute atomic E-state index is 12.9. The van der Waals surface area contributed by atoms with Gasteiger partial charge in [-0.3, -0.25) is 24.8 Å². The second-order valence-corrected chi connectivity index (χ2v) is 8.11. The molecule has 0 unspecified atom stereocenters. The van der Waals surface area contributed by atoms with E-state index >= 15 is 0 Å². The van der Waals surface area contributed by atoms with E-state index in [2.05, 4.69) is 17.1 Å². The van der Waals surface area contributed by atoms with Crippen molar-refractivity contribution in [2.45, 2.75) is 12.2 Å². The van der Waals surface area contributed by atoms with Crippen LogP contribution in [0.25, 0.3) is 11.1 Å². The lowest BCUT2D eigenvalue weighted by Crippen LogP contribution is -2.34. The van der Waals surface area contributed by atoms with E-state index in [-0.39, 0.29) is 11.6 Å². The summed E-state index contributed by atoms with van der Waals surface area (Å²) in [5, 5.41) is 11.6. The fourth-order valence-corrected chi connectivity index (χ4v) is 4.41. The predicted molar refractivity (Wildman–Crippen MR) is 124 cm³/mol. The van der Waals surface area contributed by atoms with Gasteiger partial charge in [0.25, 0.3) is 5.69 Å². The van der Waals surface area contributed by atoms with E-state index in [4.69, 9.17) is 0 Å². The van der Waals surface area contributed by atoms with Crippen molar-refractivity contribution in [2.75, 3.05) is 13.1 Å². The summed E-state index contributed by atoms with van der Waals surface area (Å²) in [4.78, 5) is 29.6. The van der Waals surface area contributed by atoms with E-state index in [0.717, 1.165) is 22.3 Å². The molecule has 0 aliphatic carbocycles. The van der Waals surface area contributed by atoms with E-state index in [0.29, 0.717) is 30.4 Å². The molecule has 0 atom stereocenters. The first kappa shape index (κ1) is 20.8. The Kier molecular flexibility index (Phi) is 6.43. The molecule has 0 spiro atoms. The minimum Gasteiger partial charge on any atom is -0.289 e. The number of nitrogens with zero attached hydrogens (tertiary/aromatic N) is 3. The molecule has 0 radical (unpaired) electrons. The number of hydrogen-bond donors (Lipinski definition) is 0. The van der Waals surface area contributed by atoms with E-state index in [1.165, 1.54) is 17.8 Å². The van der Waals surface area contributed by atoms with Crippen LogP contribution < -0.4 is 0 Å². The number of non-ortho nitro benzene ring substituents is 1. The van der Waals surface area contributed by atoms with Crippen molar-refractivity contribution in [1.82, 2.24) is 4.90 Å². The van der Waals surface area contributed by atoms with Crippen LogP contribution in [0.3, 0.4) is 0 Å². The molecular weight excluding hydrogens is 410 g/mol. The highest BCUT2D eigenvalue weighted by molar-refractivity contribution is 8.13. The quantitative estimate of drug-likeness (QED) is 0.409. The summed E-state index contributed by atoms with van der Waals surface area (Å²) in [7, 11) is 0. The molecular formula is C24H21N3O3S. The van der Waals surface area contributed by atoms with E-state index in [1.54, 1.807) is 17.0 Å². The lowest BCUT2D eigenvalue weighted by atomic mass is 10.0. The second-order valence-electron chi connectivity index (χ2n) is 7.17. The summed E-state index contributed by atoms with van der Waals surface area (Å²) >= 11 is 1.44. The van der Waals surface area contributed by atoms with Crippen molar-refractivity contribution in [3.63, 3.8) is 0 Å². The predicted octanol–water partition coefficient (Wildman–Crippen LogP) is 4.94. The molecule has 0 fully saturated rings. The molecule has 4 rings (SSSR count). The Morgan fingerprint density at radius 3 is 2.45 bits per heavy atom. The highest BCUT2D eigenvalue weighted by Gasteiger charge is 2.24. The largest absolute Gasteiger partial charge is 0.289 e. The van der Waals surface area contributed by atoms with Crippen LogP contribution in [0.5, 0.6) is 0 Å². The average molecular weight is 432 g/mol. The Morgan fingerprint density at radius 2 is 1.71 bits per heavy atom. The molecule has 1 aliphatic rings. The summed E-state index contributed by atoms with van der Waals surface area (Å²) in [6, 6.07) is 24.7. The van der Waals surface area contributed by atoms with Crippen molar-refractivity contribution in [3.8, 4) is 11.1 Å². The number of benzene rings is 3. The average Bonchev–Trinajstić information content (AvgIpc) is 3.28. The van der Waals surface area contributed by atoms with Crippen LogP contribution >= 0.6 is 11.8 Å². The number of nitro groups is 1. The van der Waals surface area contributed by atoms with E-state index in [9.17, 15) is 14.9 Å². The molecule has 0 N–H and O–H groups in total. The van der Waals surface area contributed by atoms with Crippen molar-refractivity contribution >= 4 is 28.5 Å². The molecule has 1 aliphatic heterocycles. The molecule has 31 heavy (non-hydrogen) atoms. The number of rotatable bonds is 6. The molecule has 0 saturated heterocycles. The molecule has 3 aromatic carbocycles. The fraction of sp³-hybridized carbons (Fsp3) is 0.167. The minimum absolute atomic E-state index is 0.00949. The summed E-state index contributed by atoms with van der Waals surface area (Å²) < 4.78 is 0. The number of thioether (sulfide) groups is 1. The molecule has 0 bridgehead atoms. The van der Waals surface area contributed by atoms with Crippen molar-refractivity contribution in [3.05, 3.63) is 100 Å². The molecule has 3 aromatic rings. The molecule has 1 amide bonds. The van der Waals surface area contributed by atoms with Gasteiger partial charge in [-0.1, -0.05) is 78.5 Å². The van der Waals surface area contributed by atoms with Gasteiger partial charge in [0.2, 0.25) is 5.91 Å². The molecule has 0 saturated carbocycles. The van der Waals surface area contributed by atoms with Crippen LogP contribution in [0.2, 0.25) is 0 Å². The SMILES string of the molecule is O=C(Cc1ccc(-c2ccccc2)cc1)N1CCN=C1SCc1cccc([N+](=O)[O-])c1. The number of nitro benzene ring substituents is 1. The zero-order valence-corrected chi connectivity index (χ0v) is 17.6. The molecule has 156 valence electrons. The Balaban J connectivity index is 1.36. The third kappa shape index (κ3) is 5.19. The first-order valence-corrected chi connectivity index (χ1v) is 10.9. The number of carbonyl (C=O) groups excluding carboxylic acids is 1. The normalized spacial score (nSPS) is 13.2. The Bertz CT molecular complexity index is 1110. The molecule has 6 nitrogen and oxygen atoms in total. The topological polar surface area (TPSA) is 75.8 Å². The van der Waals surface area contributed by atoms with Crippen molar-refractivity contribution < 1.29 is 9.72 Å². The lowest BCUT2D eigenvalue weighted by molar-refractivity contribution is -0.384. The van der Waals surface area contributed by atoms with Gasteiger partial charge < -0.3 is 0 Å². The van der Waals surface area contributed by atoms with Gasteiger partial charge >= 0.3 is 0 Å². The Labute approximate surface area is 184 Å². The smallest absolute Gasteiger partial charge is 0.269 e. The Hall–Kier alpha value is -3.45. The maximum atomic E-state index is 12.9. The number of amidine groups is 1. The van der Waals surface area contributed by atoms with Gasteiger partial charge in [0, 0.05) is 24.4 Å². The maximum Gasteiger partial charge on any atom is 0.269 e. The minimum atomic E-state index is -0.403. The summed E-state index contributed by atoms with van der Waals surface area (Å²) in [5.41, 5.74) is 4.12. The van der Waals surface area contributed by atoms with Gasteiger partial charge in [-0.05, 0) is 22.3 Å². The van der Waals surface area contributed by atoms with Gasteiger partial charge in [-0.15, -0.1) is 0 Å². The molecule has 7 heteroatoms. The first-order chi connectivity index (χ1) is 15.1. The van der Waals surface area contributed by atoms with Crippen LogP contribution in [0.1, 0.15) is 11.1 Å². The van der Waals surface area contributed by atoms with Crippen molar-refractivity contribution in [1.29, 1.82) is 0 Å². The number of aliphatic imine (C=N–C) groups is 1. The monoisotopic (exact) mass is 431 g/mol. The molecule has 1 heterocycles. The third-order valence-electron chi connectivity index (χ3n) is 5.01. The third-order valence-corrected chi connectivity index (χ3v) is 6.09. The summed E-state index contributed by atoms with van der Waals surface area (Å²) in [5.74, 6) is 0.533. The number of amides is 1. The van der Waals surface area contributed by atoms with Crippen LogP contribution in [-0.2, 0) is 17.0 Å². The van der Waals surface area contributed by atoms with Crippen LogP contribution in [0.15, 0.2) is 83.9 Å². The van der Waals surface area contributed by atoms with E-state index < -0.39 is 4.92 Å². The second kappa shape index (κ2) is 9.57. The van der Waals surface area contributed by atoms with Crippen LogP contribution in [0.4, 0.5) is 5.69 Å².